The van der Waals surface area contributed by atoms with Gasteiger partial charge >= 0.3 is 0 Å². The summed E-state index contributed by atoms with van der Waals surface area (Å²) in [5.41, 5.74) is 0.0709. The van der Waals surface area contributed by atoms with Gasteiger partial charge in [0.1, 0.15) is 22.9 Å². The fourth-order valence-corrected chi connectivity index (χ4v) is 1.94. The zero-order valence-corrected chi connectivity index (χ0v) is 11.4. The monoisotopic (exact) mass is 300 g/mol. The van der Waals surface area contributed by atoms with E-state index in [2.05, 4.69) is 5.10 Å². The van der Waals surface area contributed by atoms with Gasteiger partial charge in [-0.1, -0.05) is 11.6 Å². The Balaban J connectivity index is 2.71. The third kappa shape index (κ3) is 2.67. The van der Waals surface area contributed by atoms with Crippen LogP contribution in [0.15, 0.2) is 29.1 Å². The van der Waals surface area contributed by atoms with Crippen LogP contribution in [0.25, 0.3) is 5.69 Å². The molecular formula is C12H10Cl2N2O3. The highest BCUT2D eigenvalue weighted by Crippen LogP contribution is 2.25. The SMILES string of the molecule is COc1ccc(Cl)cc1-n1nc(CCl)c(O)cc1=O. The van der Waals surface area contributed by atoms with Crippen LogP contribution in [-0.4, -0.2) is 22.0 Å². The third-order valence-corrected chi connectivity index (χ3v) is 2.97. The third-order valence-electron chi connectivity index (χ3n) is 2.48. The van der Waals surface area contributed by atoms with Gasteiger partial charge in [0.15, 0.2) is 0 Å². The number of aromatic nitrogens is 2. The lowest BCUT2D eigenvalue weighted by Crippen LogP contribution is -2.21. The van der Waals surface area contributed by atoms with Crippen LogP contribution < -0.4 is 10.3 Å². The van der Waals surface area contributed by atoms with E-state index in [4.69, 9.17) is 27.9 Å². The van der Waals surface area contributed by atoms with Crippen LogP contribution in [0, 0.1) is 0 Å². The molecule has 0 spiro atoms. The quantitative estimate of drug-likeness (QED) is 0.884. The molecule has 0 aliphatic rings. The van der Waals surface area contributed by atoms with Gasteiger partial charge in [0.05, 0.1) is 13.0 Å². The zero-order valence-electron chi connectivity index (χ0n) is 9.93. The van der Waals surface area contributed by atoms with Gasteiger partial charge in [-0.3, -0.25) is 4.79 Å². The van der Waals surface area contributed by atoms with E-state index in [-0.39, 0.29) is 17.3 Å². The van der Waals surface area contributed by atoms with Crippen molar-refractivity contribution in [3.05, 3.63) is 45.3 Å². The van der Waals surface area contributed by atoms with Gasteiger partial charge in [-0.25, -0.2) is 0 Å². The molecule has 1 N–H and O–H groups in total. The Morgan fingerprint density at radius 1 is 1.42 bits per heavy atom. The van der Waals surface area contributed by atoms with E-state index in [0.29, 0.717) is 16.5 Å². The summed E-state index contributed by atoms with van der Waals surface area (Å²) in [5, 5.41) is 14.0. The van der Waals surface area contributed by atoms with Crippen LogP contribution in [0.2, 0.25) is 5.02 Å². The number of methoxy groups -OCH3 is 1. The van der Waals surface area contributed by atoms with Crippen LogP contribution in [0.1, 0.15) is 5.69 Å². The van der Waals surface area contributed by atoms with Crippen molar-refractivity contribution in [3.63, 3.8) is 0 Å². The molecule has 0 saturated heterocycles. The number of aromatic hydroxyl groups is 1. The summed E-state index contributed by atoms with van der Waals surface area (Å²) in [7, 11) is 1.47. The molecular weight excluding hydrogens is 291 g/mol. The zero-order chi connectivity index (χ0) is 14.0. The van der Waals surface area contributed by atoms with Gasteiger partial charge in [-0.2, -0.15) is 9.78 Å². The Morgan fingerprint density at radius 3 is 2.79 bits per heavy atom. The first-order valence-electron chi connectivity index (χ1n) is 5.29. The Bertz CT molecular complexity index is 671. The molecule has 0 unspecified atom stereocenters. The average Bonchev–Trinajstić information content (AvgIpc) is 2.39. The minimum atomic E-state index is -0.507. The van der Waals surface area contributed by atoms with Crippen molar-refractivity contribution in [2.45, 2.75) is 5.88 Å². The van der Waals surface area contributed by atoms with Gasteiger partial charge < -0.3 is 9.84 Å². The molecule has 1 heterocycles. The first-order valence-corrected chi connectivity index (χ1v) is 6.20. The highest BCUT2D eigenvalue weighted by molar-refractivity contribution is 6.30. The molecule has 100 valence electrons. The molecule has 0 atom stereocenters. The molecule has 2 rings (SSSR count). The molecule has 0 fully saturated rings. The molecule has 1 aromatic heterocycles. The number of alkyl halides is 1. The molecule has 0 aliphatic heterocycles. The smallest absolute Gasteiger partial charge is 0.275 e. The number of halogens is 2. The molecule has 0 amide bonds. The molecule has 5 nitrogen and oxygen atoms in total. The summed E-state index contributed by atoms with van der Waals surface area (Å²) in [5.74, 6) is 0.178. The molecule has 0 radical (unpaired) electrons. The normalized spacial score (nSPS) is 10.5. The molecule has 1 aromatic carbocycles. The van der Waals surface area contributed by atoms with E-state index in [1.165, 1.54) is 7.11 Å². The predicted molar refractivity (Wildman–Crippen MR) is 72.6 cm³/mol. The summed E-state index contributed by atoms with van der Waals surface area (Å²) >= 11 is 11.6. The minimum absolute atomic E-state index is 0.0189. The fraction of sp³-hybridized carbons (Fsp3) is 0.167. The maximum atomic E-state index is 11.9. The van der Waals surface area contributed by atoms with E-state index in [9.17, 15) is 9.90 Å². The first kappa shape index (κ1) is 13.7. The molecule has 0 bridgehead atoms. The van der Waals surface area contributed by atoms with Crippen molar-refractivity contribution in [3.8, 4) is 17.2 Å². The molecule has 19 heavy (non-hydrogen) atoms. The van der Waals surface area contributed by atoms with Gasteiger partial charge in [0.25, 0.3) is 5.56 Å². The van der Waals surface area contributed by atoms with E-state index in [1.807, 2.05) is 0 Å². The average molecular weight is 301 g/mol. The van der Waals surface area contributed by atoms with Gasteiger partial charge in [-0.15, -0.1) is 11.6 Å². The van der Waals surface area contributed by atoms with E-state index >= 15 is 0 Å². The largest absolute Gasteiger partial charge is 0.506 e. The lowest BCUT2D eigenvalue weighted by molar-refractivity contribution is 0.410. The number of hydrogen-bond acceptors (Lipinski definition) is 4. The maximum Gasteiger partial charge on any atom is 0.275 e. The lowest BCUT2D eigenvalue weighted by Gasteiger charge is -2.11. The van der Waals surface area contributed by atoms with Crippen LogP contribution in [0.4, 0.5) is 0 Å². The molecule has 0 saturated carbocycles. The summed E-state index contributed by atoms with van der Waals surface area (Å²) in [6.45, 7) is 0. The molecule has 2 aromatic rings. The fourth-order valence-electron chi connectivity index (χ4n) is 1.58. The van der Waals surface area contributed by atoms with E-state index in [1.54, 1.807) is 18.2 Å². The topological polar surface area (TPSA) is 64.3 Å². The number of rotatable bonds is 3. The second-order valence-corrected chi connectivity index (χ2v) is 4.38. The maximum absolute atomic E-state index is 11.9. The van der Waals surface area contributed by atoms with Crippen molar-refractivity contribution in [1.82, 2.24) is 9.78 Å². The van der Waals surface area contributed by atoms with Crippen molar-refractivity contribution >= 4 is 23.2 Å². The standard InChI is InChI=1S/C12H10Cl2N2O3/c1-19-11-3-2-7(14)4-9(11)16-12(18)5-10(17)8(6-13)15-16/h2-5,17H,6H2,1H3. The van der Waals surface area contributed by atoms with Crippen molar-refractivity contribution < 1.29 is 9.84 Å². The highest BCUT2D eigenvalue weighted by atomic mass is 35.5. The Morgan fingerprint density at radius 2 is 2.16 bits per heavy atom. The number of benzene rings is 1. The van der Waals surface area contributed by atoms with Crippen molar-refractivity contribution in [2.24, 2.45) is 0 Å². The lowest BCUT2D eigenvalue weighted by atomic mass is 10.3. The first-order chi connectivity index (χ1) is 9.06. The number of nitrogens with zero attached hydrogens (tertiary/aromatic N) is 2. The Labute approximate surface area is 119 Å². The van der Waals surface area contributed by atoms with Gasteiger partial charge in [0.2, 0.25) is 0 Å². The van der Waals surface area contributed by atoms with E-state index < -0.39 is 5.56 Å². The Kier molecular flexibility index (Phi) is 3.97. The van der Waals surface area contributed by atoms with Crippen molar-refractivity contribution in [2.75, 3.05) is 7.11 Å². The minimum Gasteiger partial charge on any atom is -0.506 e. The number of ether oxygens (including phenoxy) is 1. The van der Waals surface area contributed by atoms with E-state index in [0.717, 1.165) is 10.7 Å². The van der Waals surface area contributed by atoms with Crippen molar-refractivity contribution in [1.29, 1.82) is 0 Å². The second kappa shape index (κ2) is 5.50. The summed E-state index contributed by atoms with van der Waals surface area (Å²) in [4.78, 5) is 11.9. The van der Waals surface area contributed by atoms with Crippen LogP contribution in [0.5, 0.6) is 11.5 Å². The predicted octanol–water partition coefficient (Wildman–Crippen LogP) is 2.34. The molecule has 7 heteroatoms. The Hall–Kier alpha value is -1.72. The summed E-state index contributed by atoms with van der Waals surface area (Å²) < 4.78 is 6.25. The van der Waals surface area contributed by atoms with Gasteiger partial charge in [-0.05, 0) is 18.2 Å². The second-order valence-electron chi connectivity index (χ2n) is 3.68. The summed E-state index contributed by atoms with van der Waals surface area (Å²) in [6.07, 6.45) is 0. The highest BCUT2D eigenvalue weighted by Gasteiger charge is 2.12. The van der Waals surface area contributed by atoms with Crippen LogP contribution >= 0.6 is 23.2 Å². The van der Waals surface area contributed by atoms with Crippen LogP contribution in [0.3, 0.4) is 0 Å². The van der Waals surface area contributed by atoms with Crippen LogP contribution in [-0.2, 0) is 5.88 Å². The molecule has 0 aliphatic carbocycles. The number of hydrogen-bond donors (Lipinski definition) is 1. The van der Waals surface area contributed by atoms with Gasteiger partial charge in [0, 0.05) is 11.1 Å². The summed E-state index contributed by atoms with van der Waals surface area (Å²) in [6, 6.07) is 5.85.